The van der Waals surface area contributed by atoms with Crippen LogP contribution in [-0.2, 0) is 11.0 Å². The first-order valence-corrected chi connectivity index (χ1v) is 14.3. The van der Waals surface area contributed by atoms with E-state index in [0.29, 0.717) is 29.0 Å². The van der Waals surface area contributed by atoms with Gasteiger partial charge in [-0.15, -0.1) is 0 Å². The van der Waals surface area contributed by atoms with Crippen molar-refractivity contribution in [1.29, 1.82) is 0 Å². The number of nitrogens with zero attached hydrogens (tertiary/aromatic N) is 5. The summed E-state index contributed by atoms with van der Waals surface area (Å²) in [7, 11) is 0. The van der Waals surface area contributed by atoms with E-state index in [4.69, 9.17) is 15.5 Å². The fourth-order valence-corrected chi connectivity index (χ4v) is 6.04. The van der Waals surface area contributed by atoms with E-state index in [2.05, 4.69) is 15.3 Å². The Morgan fingerprint density at radius 2 is 1.96 bits per heavy atom. The van der Waals surface area contributed by atoms with Crippen LogP contribution < -0.4 is 15.8 Å². The number of nitrogens with two attached hydrogens (primary N) is 1. The summed E-state index contributed by atoms with van der Waals surface area (Å²) in [5, 5.41) is 2.38. The van der Waals surface area contributed by atoms with Gasteiger partial charge < -0.3 is 20.7 Å². The highest BCUT2D eigenvalue weighted by atomic mass is 19.4. The Balaban J connectivity index is 1.35. The number of aromatic nitrogens is 4. The fraction of sp³-hybridized carbons (Fsp3) is 0.367. The lowest BCUT2D eigenvalue weighted by Gasteiger charge is -2.45. The number of fused-ring (bicyclic) bond motifs is 2. The number of benzene rings is 1. The van der Waals surface area contributed by atoms with Crippen molar-refractivity contribution in [2.24, 2.45) is 0 Å². The van der Waals surface area contributed by atoms with Gasteiger partial charge in [-0.1, -0.05) is 0 Å². The lowest BCUT2D eigenvalue weighted by Crippen LogP contribution is -2.58. The van der Waals surface area contributed by atoms with Gasteiger partial charge in [0.25, 0.3) is 11.8 Å². The molecule has 10 nitrogen and oxygen atoms in total. The number of anilines is 2. The number of carbonyl (C=O) groups excluding carboxylic acids is 2. The average molecular weight is 630 g/mol. The molecule has 5 heterocycles. The molecule has 236 valence electrons. The molecule has 4 aromatic rings. The topological polar surface area (TPSA) is 128 Å². The summed E-state index contributed by atoms with van der Waals surface area (Å²) in [5.41, 5.74) is 6.67. The highest BCUT2D eigenvalue weighted by molar-refractivity contribution is 6.04. The van der Waals surface area contributed by atoms with Gasteiger partial charge in [-0.05, 0) is 50.1 Å². The van der Waals surface area contributed by atoms with Crippen LogP contribution in [0.2, 0.25) is 0 Å². The number of alkyl halides is 5. The highest BCUT2D eigenvalue weighted by Gasteiger charge is 2.51. The first kappa shape index (κ1) is 30.2. The van der Waals surface area contributed by atoms with E-state index in [1.165, 1.54) is 23.2 Å². The van der Waals surface area contributed by atoms with Crippen LogP contribution in [-0.4, -0.2) is 61.2 Å². The second-order valence-electron chi connectivity index (χ2n) is 11.0. The monoisotopic (exact) mass is 629 g/mol. The molecule has 0 spiro atoms. The third-order valence-electron chi connectivity index (χ3n) is 8.17. The van der Waals surface area contributed by atoms with E-state index >= 15 is 0 Å². The van der Waals surface area contributed by atoms with Crippen LogP contribution in [0.15, 0.2) is 48.9 Å². The third kappa shape index (κ3) is 5.62. The van der Waals surface area contributed by atoms with Crippen molar-refractivity contribution >= 4 is 29.0 Å². The number of piperidine rings is 2. The predicted molar refractivity (Wildman–Crippen MR) is 153 cm³/mol. The SMILES string of the molecule is CCOc1cc(C(=O)Nc2cc(C(F)(F)F)ccn2)ccc1-c1nc([C@H]2CC[C@@H]3N(C2)C(=O)CCC3(F)F)n2ccnc(N)c12. The van der Waals surface area contributed by atoms with Crippen LogP contribution in [0.3, 0.4) is 0 Å². The lowest BCUT2D eigenvalue weighted by molar-refractivity contribution is -0.166. The van der Waals surface area contributed by atoms with Gasteiger partial charge in [0.05, 0.1) is 18.2 Å². The summed E-state index contributed by atoms with van der Waals surface area (Å²) in [6, 6.07) is 4.84. The van der Waals surface area contributed by atoms with Crippen LogP contribution in [0, 0.1) is 0 Å². The zero-order chi connectivity index (χ0) is 32.1. The molecule has 15 heteroatoms. The van der Waals surface area contributed by atoms with Crippen LogP contribution in [0.5, 0.6) is 5.75 Å². The minimum Gasteiger partial charge on any atom is -0.493 e. The summed E-state index contributed by atoms with van der Waals surface area (Å²) < 4.78 is 76.2. The summed E-state index contributed by atoms with van der Waals surface area (Å²) in [4.78, 5) is 39.8. The molecular formula is C30H28F5N7O3. The Bertz CT molecular complexity index is 1790. The zero-order valence-corrected chi connectivity index (χ0v) is 23.9. The molecule has 0 aliphatic carbocycles. The molecule has 2 saturated heterocycles. The van der Waals surface area contributed by atoms with Crippen LogP contribution in [0.4, 0.5) is 33.6 Å². The van der Waals surface area contributed by atoms with Gasteiger partial charge in [-0.3, -0.25) is 14.0 Å². The number of imidazole rings is 1. The Morgan fingerprint density at radius 1 is 1.16 bits per heavy atom. The van der Waals surface area contributed by atoms with Crippen molar-refractivity contribution < 1.29 is 36.3 Å². The van der Waals surface area contributed by atoms with Crippen molar-refractivity contribution in [2.75, 3.05) is 24.2 Å². The van der Waals surface area contributed by atoms with Gasteiger partial charge in [0, 0.05) is 55.0 Å². The fourth-order valence-electron chi connectivity index (χ4n) is 6.04. The van der Waals surface area contributed by atoms with Crippen LogP contribution in [0.1, 0.15) is 60.3 Å². The van der Waals surface area contributed by atoms with Gasteiger partial charge in [-0.25, -0.2) is 23.7 Å². The molecule has 2 amide bonds. The molecule has 2 aliphatic heterocycles. The quantitative estimate of drug-likeness (QED) is 0.268. The minimum atomic E-state index is -4.61. The van der Waals surface area contributed by atoms with Crippen molar-refractivity contribution in [1.82, 2.24) is 24.3 Å². The Labute approximate surface area is 253 Å². The average Bonchev–Trinajstić information content (AvgIpc) is 3.40. The number of carbonyl (C=O) groups is 2. The number of pyridine rings is 1. The molecule has 0 radical (unpaired) electrons. The summed E-state index contributed by atoms with van der Waals surface area (Å²) in [6.45, 7) is 2.01. The van der Waals surface area contributed by atoms with Crippen molar-refractivity contribution in [3.63, 3.8) is 0 Å². The largest absolute Gasteiger partial charge is 0.493 e. The first-order valence-electron chi connectivity index (χ1n) is 14.3. The van der Waals surface area contributed by atoms with Gasteiger partial charge in [0.2, 0.25) is 5.91 Å². The van der Waals surface area contributed by atoms with E-state index in [0.717, 1.165) is 18.3 Å². The maximum atomic E-state index is 14.6. The number of halogens is 5. The molecule has 0 bridgehead atoms. The predicted octanol–water partition coefficient (Wildman–Crippen LogP) is 5.55. The molecule has 3 N–H and O–H groups in total. The van der Waals surface area contributed by atoms with Gasteiger partial charge in [-0.2, -0.15) is 13.2 Å². The maximum absolute atomic E-state index is 14.6. The van der Waals surface area contributed by atoms with E-state index in [9.17, 15) is 31.5 Å². The Hall–Kier alpha value is -4.82. The van der Waals surface area contributed by atoms with Gasteiger partial charge in [0.15, 0.2) is 0 Å². The van der Waals surface area contributed by atoms with Gasteiger partial charge in [0.1, 0.15) is 34.4 Å². The third-order valence-corrected chi connectivity index (χ3v) is 8.17. The van der Waals surface area contributed by atoms with E-state index in [1.54, 1.807) is 23.6 Å². The number of nitrogen functional groups attached to an aromatic ring is 1. The Kier molecular flexibility index (Phi) is 7.57. The number of rotatable bonds is 6. The maximum Gasteiger partial charge on any atom is 0.416 e. The number of nitrogens with one attached hydrogen (secondary N) is 1. The molecule has 0 unspecified atom stereocenters. The zero-order valence-electron chi connectivity index (χ0n) is 23.9. The second kappa shape index (κ2) is 11.3. The molecule has 2 atom stereocenters. The van der Waals surface area contributed by atoms with Crippen LogP contribution in [0.25, 0.3) is 16.8 Å². The summed E-state index contributed by atoms with van der Waals surface area (Å²) in [5.74, 6) is -3.75. The molecule has 1 aromatic carbocycles. The van der Waals surface area contributed by atoms with Gasteiger partial charge >= 0.3 is 6.18 Å². The normalized spacial score (nSPS) is 19.8. The second-order valence-corrected chi connectivity index (χ2v) is 11.0. The molecule has 2 fully saturated rings. The standard InChI is InChI=1S/C30H28F5N7O3/c1-2-45-20-13-16(28(44)39-22-14-18(8-10-37-22)30(33,34)35)3-5-19(20)24-25-26(36)38-11-12-41(25)27(40-24)17-4-6-21-29(31,32)9-7-23(43)42(21)15-17/h3,5,8,10-14,17,21H,2,4,6-7,9,15H2,1H3,(H2,36,38)(H,37,39,44)/t17-,21-/m0/s1. The van der Waals surface area contributed by atoms with Crippen LogP contribution >= 0.6 is 0 Å². The molecular weight excluding hydrogens is 601 g/mol. The smallest absolute Gasteiger partial charge is 0.416 e. The number of hydrogen-bond donors (Lipinski definition) is 2. The van der Waals surface area contributed by atoms with E-state index in [-0.39, 0.29) is 60.8 Å². The number of ether oxygens (including phenoxy) is 1. The summed E-state index contributed by atoms with van der Waals surface area (Å²) >= 11 is 0. The Morgan fingerprint density at radius 3 is 2.71 bits per heavy atom. The number of hydrogen-bond acceptors (Lipinski definition) is 7. The minimum absolute atomic E-state index is 0.0703. The molecule has 0 saturated carbocycles. The molecule has 3 aromatic heterocycles. The van der Waals surface area contributed by atoms with Crippen molar-refractivity contribution in [3.8, 4) is 17.0 Å². The molecule has 6 rings (SSSR count). The molecule has 45 heavy (non-hydrogen) atoms. The van der Waals surface area contributed by atoms with E-state index < -0.39 is 36.0 Å². The highest BCUT2D eigenvalue weighted by Crippen LogP contribution is 2.44. The number of amides is 2. The summed E-state index contributed by atoms with van der Waals surface area (Å²) in [6.07, 6.45) is -0.713. The van der Waals surface area contributed by atoms with Crippen molar-refractivity contribution in [2.45, 2.75) is 56.7 Å². The molecule has 2 aliphatic rings. The van der Waals surface area contributed by atoms with E-state index in [1.807, 2.05) is 0 Å². The first-order chi connectivity index (χ1) is 21.4. The van der Waals surface area contributed by atoms with Crippen molar-refractivity contribution in [3.05, 3.63) is 65.9 Å². The lowest BCUT2D eigenvalue weighted by atomic mass is 9.84.